The van der Waals surface area contributed by atoms with Gasteiger partial charge < -0.3 is 15.2 Å². The number of hydrogen-bond acceptors (Lipinski definition) is 3. The Labute approximate surface area is 162 Å². The summed E-state index contributed by atoms with van der Waals surface area (Å²) in [7, 11) is 0. The van der Waals surface area contributed by atoms with Crippen LogP contribution in [0.2, 0.25) is 0 Å². The van der Waals surface area contributed by atoms with Crippen molar-refractivity contribution < 1.29 is 9.59 Å². The smallest absolute Gasteiger partial charge is 0.263 e. The van der Waals surface area contributed by atoms with E-state index in [1.807, 2.05) is 40.7 Å². The molecule has 27 heavy (non-hydrogen) atoms. The fourth-order valence-corrected chi connectivity index (χ4v) is 4.43. The highest BCUT2D eigenvalue weighted by Gasteiger charge is 2.29. The molecular weight excluding hydrogens is 358 g/mol. The van der Waals surface area contributed by atoms with Gasteiger partial charge in [0.15, 0.2) is 0 Å². The van der Waals surface area contributed by atoms with Gasteiger partial charge in [-0.25, -0.2) is 0 Å². The van der Waals surface area contributed by atoms with Crippen molar-refractivity contribution in [1.29, 1.82) is 0 Å². The van der Waals surface area contributed by atoms with E-state index in [2.05, 4.69) is 22.4 Å². The number of carbonyl (C=O) groups excluding carboxylic acids is 2. The van der Waals surface area contributed by atoms with Crippen LogP contribution in [-0.4, -0.2) is 41.3 Å². The van der Waals surface area contributed by atoms with E-state index >= 15 is 0 Å². The first-order valence-corrected chi connectivity index (χ1v) is 10.3. The summed E-state index contributed by atoms with van der Waals surface area (Å²) in [6, 6.07) is 11.9. The zero-order valence-corrected chi connectivity index (χ0v) is 15.9. The lowest BCUT2D eigenvalue weighted by Crippen LogP contribution is -2.45. The Morgan fingerprint density at radius 3 is 2.96 bits per heavy atom. The van der Waals surface area contributed by atoms with Gasteiger partial charge in [-0.1, -0.05) is 24.3 Å². The SMILES string of the molecule is O=C(NCCc1c[nH]c2ccccc12)[C@@H]1CCCN(C(=O)c2cccs2)C1. The number of para-hydroxylation sites is 1. The highest BCUT2D eigenvalue weighted by molar-refractivity contribution is 7.12. The van der Waals surface area contributed by atoms with Crippen LogP contribution in [0.5, 0.6) is 0 Å². The lowest BCUT2D eigenvalue weighted by atomic mass is 9.97. The predicted molar refractivity (Wildman–Crippen MR) is 108 cm³/mol. The van der Waals surface area contributed by atoms with E-state index in [9.17, 15) is 9.59 Å². The van der Waals surface area contributed by atoms with Crippen LogP contribution < -0.4 is 5.32 Å². The lowest BCUT2D eigenvalue weighted by molar-refractivity contribution is -0.126. The van der Waals surface area contributed by atoms with E-state index in [-0.39, 0.29) is 17.7 Å². The van der Waals surface area contributed by atoms with E-state index in [1.165, 1.54) is 22.3 Å². The highest BCUT2D eigenvalue weighted by Crippen LogP contribution is 2.21. The number of carbonyl (C=O) groups is 2. The minimum atomic E-state index is -0.120. The molecule has 1 saturated heterocycles. The van der Waals surface area contributed by atoms with Gasteiger partial charge in [0.1, 0.15) is 0 Å². The maximum atomic E-state index is 12.6. The molecule has 4 rings (SSSR count). The molecule has 0 radical (unpaired) electrons. The number of nitrogens with zero attached hydrogens (tertiary/aromatic N) is 1. The van der Waals surface area contributed by atoms with Crippen LogP contribution in [0.3, 0.4) is 0 Å². The summed E-state index contributed by atoms with van der Waals surface area (Å²) in [5.74, 6) is -0.0227. The molecule has 2 N–H and O–H groups in total. The van der Waals surface area contributed by atoms with Crippen molar-refractivity contribution in [1.82, 2.24) is 15.2 Å². The topological polar surface area (TPSA) is 65.2 Å². The first-order chi connectivity index (χ1) is 13.2. The third-order valence-corrected chi connectivity index (χ3v) is 6.04. The quantitative estimate of drug-likeness (QED) is 0.711. The summed E-state index contributed by atoms with van der Waals surface area (Å²) >= 11 is 1.45. The molecule has 3 heterocycles. The summed E-state index contributed by atoms with van der Waals surface area (Å²) < 4.78 is 0. The minimum Gasteiger partial charge on any atom is -0.361 e. The Balaban J connectivity index is 1.31. The molecule has 1 aliphatic heterocycles. The number of piperidine rings is 1. The van der Waals surface area contributed by atoms with Crippen molar-refractivity contribution in [3.63, 3.8) is 0 Å². The Bertz CT molecular complexity index is 932. The molecule has 5 nitrogen and oxygen atoms in total. The van der Waals surface area contributed by atoms with Crippen LogP contribution in [-0.2, 0) is 11.2 Å². The van der Waals surface area contributed by atoms with Crippen molar-refractivity contribution in [3.05, 3.63) is 58.4 Å². The molecule has 1 fully saturated rings. The van der Waals surface area contributed by atoms with Crippen molar-refractivity contribution in [2.24, 2.45) is 5.92 Å². The first-order valence-electron chi connectivity index (χ1n) is 9.38. The second kappa shape index (κ2) is 7.96. The van der Waals surface area contributed by atoms with Gasteiger partial charge in [-0.15, -0.1) is 11.3 Å². The Kier molecular flexibility index (Phi) is 5.25. The number of amides is 2. The molecule has 0 saturated carbocycles. The third kappa shape index (κ3) is 3.90. The molecule has 2 aromatic heterocycles. The van der Waals surface area contributed by atoms with Crippen LogP contribution in [0.4, 0.5) is 0 Å². The monoisotopic (exact) mass is 381 g/mol. The summed E-state index contributed by atoms with van der Waals surface area (Å²) in [4.78, 5) is 30.9. The van der Waals surface area contributed by atoms with Crippen LogP contribution in [0, 0.1) is 5.92 Å². The predicted octanol–water partition coefficient (Wildman–Crippen LogP) is 3.44. The Morgan fingerprint density at radius 2 is 2.11 bits per heavy atom. The standard InChI is InChI=1S/C21H23N3O2S/c25-20(22-10-9-15-13-23-18-7-2-1-6-17(15)18)16-5-3-11-24(14-16)21(26)19-8-4-12-27-19/h1-2,4,6-8,12-13,16,23H,3,5,9-11,14H2,(H,22,25)/t16-/m1/s1. The molecule has 0 bridgehead atoms. The van der Waals surface area contributed by atoms with E-state index in [1.54, 1.807) is 0 Å². The molecule has 3 aromatic rings. The number of aromatic amines is 1. The van der Waals surface area contributed by atoms with Crippen molar-refractivity contribution in [2.75, 3.05) is 19.6 Å². The van der Waals surface area contributed by atoms with Crippen LogP contribution >= 0.6 is 11.3 Å². The molecule has 2 amide bonds. The fourth-order valence-electron chi connectivity index (χ4n) is 3.73. The van der Waals surface area contributed by atoms with Gasteiger partial charge in [-0.2, -0.15) is 0 Å². The zero-order chi connectivity index (χ0) is 18.6. The van der Waals surface area contributed by atoms with E-state index in [0.717, 1.165) is 36.2 Å². The van der Waals surface area contributed by atoms with Gasteiger partial charge in [0.2, 0.25) is 5.91 Å². The summed E-state index contributed by atoms with van der Waals surface area (Å²) in [6.45, 7) is 1.85. The number of rotatable bonds is 5. The maximum Gasteiger partial charge on any atom is 0.263 e. The van der Waals surface area contributed by atoms with Gasteiger partial charge in [0, 0.05) is 36.7 Å². The average Bonchev–Trinajstić information content (AvgIpc) is 3.38. The van der Waals surface area contributed by atoms with Crippen LogP contribution in [0.15, 0.2) is 48.0 Å². The number of fused-ring (bicyclic) bond motifs is 1. The number of thiophene rings is 1. The van der Waals surface area contributed by atoms with E-state index < -0.39 is 0 Å². The zero-order valence-electron chi connectivity index (χ0n) is 15.1. The van der Waals surface area contributed by atoms with Crippen LogP contribution in [0.25, 0.3) is 10.9 Å². The number of likely N-dealkylation sites (tertiary alicyclic amines) is 1. The second-order valence-electron chi connectivity index (χ2n) is 6.97. The van der Waals surface area contributed by atoms with Crippen molar-refractivity contribution >= 4 is 34.1 Å². The maximum absolute atomic E-state index is 12.6. The molecule has 0 aliphatic carbocycles. The van der Waals surface area contributed by atoms with Gasteiger partial charge in [0.05, 0.1) is 10.8 Å². The average molecular weight is 382 g/mol. The second-order valence-corrected chi connectivity index (χ2v) is 7.92. The number of aromatic nitrogens is 1. The lowest BCUT2D eigenvalue weighted by Gasteiger charge is -2.31. The van der Waals surface area contributed by atoms with Gasteiger partial charge >= 0.3 is 0 Å². The molecular formula is C21H23N3O2S. The van der Waals surface area contributed by atoms with Crippen molar-refractivity contribution in [2.45, 2.75) is 19.3 Å². The Hall–Kier alpha value is -2.60. The molecule has 6 heteroatoms. The van der Waals surface area contributed by atoms with Crippen LogP contribution in [0.1, 0.15) is 28.1 Å². The molecule has 1 aromatic carbocycles. The van der Waals surface area contributed by atoms with Gasteiger partial charge in [-0.05, 0) is 42.3 Å². The van der Waals surface area contributed by atoms with Crippen molar-refractivity contribution in [3.8, 4) is 0 Å². The molecule has 0 unspecified atom stereocenters. The fraction of sp³-hybridized carbons (Fsp3) is 0.333. The van der Waals surface area contributed by atoms with Gasteiger partial charge in [0.25, 0.3) is 5.91 Å². The first kappa shape index (κ1) is 17.8. The summed E-state index contributed by atoms with van der Waals surface area (Å²) in [5, 5.41) is 6.18. The van der Waals surface area contributed by atoms with Gasteiger partial charge in [-0.3, -0.25) is 9.59 Å². The largest absolute Gasteiger partial charge is 0.361 e. The van der Waals surface area contributed by atoms with E-state index in [4.69, 9.17) is 0 Å². The number of benzene rings is 1. The Morgan fingerprint density at radius 1 is 1.22 bits per heavy atom. The summed E-state index contributed by atoms with van der Waals surface area (Å²) in [6.07, 6.45) is 4.52. The normalized spacial score (nSPS) is 17.2. The third-order valence-electron chi connectivity index (χ3n) is 5.18. The molecule has 1 aliphatic rings. The summed E-state index contributed by atoms with van der Waals surface area (Å²) in [5.41, 5.74) is 2.33. The minimum absolute atomic E-state index is 0.0429. The number of H-pyrrole nitrogens is 1. The van der Waals surface area contributed by atoms with E-state index in [0.29, 0.717) is 13.1 Å². The molecule has 140 valence electrons. The molecule has 1 atom stereocenters. The highest BCUT2D eigenvalue weighted by atomic mass is 32.1. The molecule has 0 spiro atoms. The number of hydrogen-bond donors (Lipinski definition) is 2. The number of nitrogens with one attached hydrogen (secondary N) is 2.